The number of hydrogen-bond donors (Lipinski definition) is 1. The topological polar surface area (TPSA) is 86.8 Å². The Labute approximate surface area is 205 Å². The molecule has 0 unspecified atom stereocenters. The molecular formula is C23H29Cl2N3O4S. The van der Waals surface area contributed by atoms with Crippen LogP contribution in [-0.4, -0.2) is 50.0 Å². The summed E-state index contributed by atoms with van der Waals surface area (Å²) in [6.45, 7) is 4.93. The van der Waals surface area contributed by atoms with Crippen molar-refractivity contribution >= 4 is 50.7 Å². The molecule has 1 N–H and O–H groups in total. The van der Waals surface area contributed by atoms with Crippen LogP contribution in [-0.2, 0) is 26.2 Å². The number of anilines is 1. The molecule has 2 rings (SSSR count). The molecule has 0 aliphatic heterocycles. The molecule has 33 heavy (non-hydrogen) atoms. The highest BCUT2D eigenvalue weighted by Crippen LogP contribution is 2.27. The van der Waals surface area contributed by atoms with Crippen LogP contribution in [0, 0.1) is 0 Å². The number of rotatable bonds is 10. The molecule has 2 aromatic rings. The van der Waals surface area contributed by atoms with E-state index in [0.717, 1.165) is 17.0 Å². The zero-order valence-corrected chi connectivity index (χ0v) is 21.4. The molecule has 0 aromatic heterocycles. The van der Waals surface area contributed by atoms with Gasteiger partial charge in [0.1, 0.15) is 12.6 Å². The van der Waals surface area contributed by atoms with Gasteiger partial charge in [-0.05, 0) is 44.0 Å². The summed E-state index contributed by atoms with van der Waals surface area (Å²) in [6.07, 6.45) is 1.73. The van der Waals surface area contributed by atoms with Gasteiger partial charge in [-0.1, -0.05) is 60.5 Å². The number of carbonyl (C=O) groups excluding carboxylic acids is 2. The van der Waals surface area contributed by atoms with Crippen LogP contribution in [0.2, 0.25) is 10.0 Å². The van der Waals surface area contributed by atoms with Crippen LogP contribution in [0.15, 0.2) is 48.5 Å². The zero-order chi connectivity index (χ0) is 24.8. The minimum Gasteiger partial charge on any atom is -0.352 e. The second-order valence-electron chi connectivity index (χ2n) is 7.83. The lowest BCUT2D eigenvalue weighted by Gasteiger charge is -2.32. The fourth-order valence-electron chi connectivity index (χ4n) is 3.11. The number of halogens is 2. The van der Waals surface area contributed by atoms with Gasteiger partial charge in [0.15, 0.2) is 0 Å². The lowest BCUT2D eigenvalue weighted by atomic mass is 10.1. The number of amides is 2. The third kappa shape index (κ3) is 7.35. The quantitative estimate of drug-likeness (QED) is 0.518. The molecule has 0 aliphatic carbocycles. The standard InChI is InChI=1S/C23H29Cl2N3O4S/c1-5-16(2)26-23(30)17(3)27(14-18-10-6-7-11-19(18)24)22(29)15-28(33(4,31)32)21-13-9-8-12-20(21)25/h6-13,16-17H,5,14-15H2,1-4H3,(H,26,30)/t16-,17+/m1/s1. The van der Waals surface area contributed by atoms with E-state index in [2.05, 4.69) is 5.32 Å². The van der Waals surface area contributed by atoms with Crippen LogP contribution in [0.5, 0.6) is 0 Å². The maximum atomic E-state index is 13.5. The Balaban J connectivity index is 2.41. The molecule has 0 spiro atoms. The van der Waals surface area contributed by atoms with Gasteiger partial charge in [0.05, 0.1) is 17.0 Å². The summed E-state index contributed by atoms with van der Waals surface area (Å²) in [5.74, 6) is -0.902. The number of benzene rings is 2. The molecule has 0 saturated heterocycles. The summed E-state index contributed by atoms with van der Waals surface area (Å²) in [5.41, 5.74) is 0.823. The number of sulfonamides is 1. The molecular weight excluding hydrogens is 485 g/mol. The molecule has 0 fully saturated rings. The Kier molecular flexibility index (Phi) is 9.57. The summed E-state index contributed by atoms with van der Waals surface area (Å²) >= 11 is 12.5. The first-order valence-electron chi connectivity index (χ1n) is 10.5. The number of hydrogen-bond acceptors (Lipinski definition) is 4. The summed E-state index contributed by atoms with van der Waals surface area (Å²) in [7, 11) is -3.84. The first-order valence-corrected chi connectivity index (χ1v) is 13.1. The van der Waals surface area contributed by atoms with E-state index in [4.69, 9.17) is 23.2 Å². The van der Waals surface area contributed by atoms with Crippen LogP contribution in [0.1, 0.15) is 32.8 Å². The Hall–Kier alpha value is -2.29. The molecule has 7 nitrogen and oxygen atoms in total. The van der Waals surface area contributed by atoms with Crippen molar-refractivity contribution in [3.05, 3.63) is 64.1 Å². The van der Waals surface area contributed by atoms with E-state index in [0.29, 0.717) is 10.6 Å². The average Bonchev–Trinajstić information content (AvgIpc) is 2.76. The molecule has 2 atom stereocenters. The molecule has 0 saturated carbocycles. The highest BCUT2D eigenvalue weighted by Gasteiger charge is 2.31. The molecule has 10 heteroatoms. The van der Waals surface area contributed by atoms with Crippen LogP contribution in [0.3, 0.4) is 0 Å². The van der Waals surface area contributed by atoms with Gasteiger partial charge in [0.25, 0.3) is 0 Å². The molecule has 2 aromatic carbocycles. The van der Waals surface area contributed by atoms with Gasteiger partial charge in [0.2, 0.25) is 21.8 Å². The maximum absolute atomic E-state index is 13.5. The van der Waals surface area contributed by atoms with Crippen molar-refractivity contribution in [3.63, 3.8) is 0 Å². The van der Waals surface area contributed by atoms with Gasteiger partial charge in [-0.25, -0.2) is 8.42 Å². The smallest absolute Gasteiger partial charge is 0.244 e. The second-order valence-corrected chi connectivity index (χ2v) is 10.5. The molecule has 180 valence electrons. The van der Waals surface area contributed by atoms with Crippen molar-refractivity contribution in [2.24, 2.45) is 0 Å². The van der Waals surface area contributed by atoms with E-state index in [1.54, 1.807) is 49.4 Å². The summed E-state index contributed by atoms with van der Waals surface area (Å²) in [6, 6.07) is 12.4. The molecule has 2 amide bonds. The summed E-state index contributed by atoms with van der Waals surface area (Å²) in [4.78, 5) is 27.6. The van der Waals surface area contributed by atoms with E-state index in [1.807, 2.05) is 13.8 Å². The average molecular weight is 514 g/mol. The van der Waals surface area contributed by atoms with Crippen molar-refractivity contribution in [2.45, 2.75) is 45.8 Å². The van der Waals surface area contributed by atoms with Crippen molar-refractivity contribution in [1.82, 2.24) is 10.2 Å². The molecule has 0 heterocycles. The minimum absolute atomic E-state index is 0.0354. The number of carbonyl (C=O) groups is 2. The third-order valence-electron chi connectivity index (χ3n) is 5.27. The monoisotopic (exact) mass is 513 g/mol. The van der Waals surface area contributed by atoms with Crippen LogP contribution >= 0.6 is 23.2 Å². The van der Waals surface area contributed by atoms with Crippen molar-refractivity contribution in [3.8, 4) is 0 Å². The van der Waals surface area contributed by atoms with E-state index in [9.17, 15) is 18.0 Å². The lowest BCUT2D eigenvalue weighted by molar-refractivity contribution is -0.139. The minimum atomic E-state index is -3.84. The van der Waals surface area contributed by atoms with E-state index in [-0.39, 0.29) is 29.2 Å². The highest BCUT2D eigenvalue weighted by molar-refractivity contribution is 7.92. The second kappa shape index (κ2) is 11.7. The fraction of sp³-hybridized carbons (Fsp3) is 0.391. The zero-order valence-electron chi connectivity index (χ0n) is 19.1. The van der Waals surface area contributed by atoms with E-state index < -0.39 is 28.5 Å². The summed E-state index contributed by atoms with van der Waals surface area (Å²) in [5, 5.41) is 3.50. The molecule has 0 bridgehead atoms. The fourth-order valence-corrected chi connectivity index (χ4v) is 4.45. The Bertz CT molecular complexity index is 1090. The number of nitrogens with zero attached hydrogens (tertiary/aromatic N) is 2. The van der Waals surface area contributed by atoms with Crippen LogP contribution in [0.25, 0.3) is 0 Å². The van der Waals surface area contributed by atoms with Gasteiger partial charge in [-0.15, -0.1) is 0 Å². The first kappa shape index (κ1) is 27.0. The van der Waals surface area contributed by atoms with E-state index >= 15 is 0 Å². The van der Waals surface area contributed by atoms with Gasteiger partial charge >= 0.3 is 0 Å². The lowest BCUT2D eigenvalue weighted by Crippen LogP contribution is -2.52. The van der Waals surface area contributed by atoms with Gasteiger partial charge in [-0.2, -0.15) is 0 Å². The largest absolute Gasteiger partial charge is 0.352 e. The van der Waals surface area contributed by atoms with Crippen molar-refractivity contribution in [2.75, 3.05) is 17.1 Å². The number of nitrogens with one attached hydrogen (secondary N) is 1. The predicted molar refractivity (Wildman–Crippen MR) is 133 cm³/mol. The van der Waals surface area contributed by atoms with Gasteiger partial charge < -0.3 is 10.2 Å². The highest BCUT2D eigenvalue weighted by atomic mass is 35.5. The van der Waals surface area contributed by atoms with E-state index in [1.165, 1.54) is 11.0 Å². The van der Waals surface area contributed by atoms with Crippen LogP contribution < -0.4 is 9.62 Å². The van der Waals surface area contributed by atoms with Gasteiger partial charge in [-0.3, -0.25) is 13.9 Å². The normalized spacial score (nSPS) is 13.2. The predicted octanol–water partition coefficient (Wildman–Crippen LogP) is 4.09. The Morgan fingerprint density at radius 1 is 1.00 bits per heavy atom. The first-order chi connectivity index (χ1) is 15.5. The maximum Gasteiger partial charge on any atom is 0.244 e. The molecule has 0 aliphatic rings. The molecule has 0 radical (unpaired) electrons. The Morgan fingerprint density at radius 2 is 1.58 bits per heavy atom. The number of para-hydroxylation sites is 1. The Morgan fingerprint density at radius 3 is 2.12 bits per heavy atom. The summed E-state index contributed by atoms with van der Waals surface area (Å²) < 4.78 is 26.0. The van der Waals surface area contributed by atoms with Gasteiger partial charge in [0, 0.05) is 17.6 Å². The third-order valence-corrected chi connectivity index (χ3v) is 7.08. The SMILES string of the molecule is CC[C@@H](C)NC(=O)[C@H](C)N(Cc1ccccc1Cl)C(=O)CN(c1ccccc1Cl)S(C)(=O)=O. The van der Waals surface area contributed by atoms with Crippen molar-refractivity contribution < 1.29 is 18.0 Å². The van der Waals surface area contributed by atoms with Crippen molar-refractivity contribution in [1.29, 1.82) is 0 Å². The van der Waals surface area contributed by atoms with Crippen LogP contribution in [0.4, 0.5) is 5.69 Å².